The van der Waals surface area contributed by atoms with Crippen LogP contribution in [0.4, 0.5) is 4.39 Å². The van der Waals surface area contributed by atoms with E-state index in [4.69, 9.17) is 0 Å². The number of hydrogen-bond donors (Lipinski definition) is 0. The van der Waals surface area contributed by atoms with Gasteiger partial charge >= 0.3 is 0 Å². The summed E-state index contributed by atoms with van der Waals surface area (Å²) in [5, 5.41) is 2.58. The highest BCUT2D eigenvalue weighted by atomic mass is 19.1. The Balaban J connectivity index is 2.09. The Morgan fingerprint density at radius 1 is 0.870 bits per heavy atom. The number of nitrogens with zero attached hydrogens (tertiary/aromatic N) is 1. The van der Waals surface area contributed by atoms with Gasteiger partial charge in [-0.3, -0.25) is 0 Å². The van der Waals surface area contributed by atoms with Crippen LogP contribution in [0.3, 0.4) is 0 Å². The number of aromatic nitrogens is 1. The van der Waals surface area contributed by atoms with Crippen LogP contribution in [0, 0.1) is 12.7 Å². The molecule has 4 rings (SSSR count). The van der Waals surface area contributed by atoms with Gasteiger partial charge in [-0.1, -0.05) is 36.4 Å². The summed E-state index contributed by atoms with van der Waals surface area (Å²) in [5.74, 6) is -0.199. The summed E-state index contributed by atoms with van der Waals surface area (Å²) in [7, 11) is 0. The van der Waals surface area contributed by atoms with Crippen molar-refractivity contribution in [2.24, 2.45) is 0 Å². The average molecular weight is 303 g/mol. The van der Waals surface area contributed by atoms with Crippen molar-refractivity contribution < 1.29 is 4.39 Å². The number of benzene rings is 3. The Morgan fingerprint density at radius 2 is 1.61 bits per heavy atom. The average Bonchev–Trinajstić information content (AvgIpc) is 2.90. The molecular formula is C21H18FN. The second kappa shape index (κ2) is 5.24. The van der Waals surface area contributed by atoms with Crippen LogP contribution < -0.4 is 0 Å². The van der Waals surface area contributed by atoms with Gasteiger partial charge in [0.1, 0.15) is 5.82 Å². The quantitative estimate of drug-likeness (QED) is 0.432. The van der Waals surface area contributed by atoms with Gasteiger partial charge in [0.2, 0.25) is 0 Å². The fraction of sp³-hybridized carbons (Fsp3) is 0.143. The predicted octanol–water partition coefficient (Wildman–Crippen LogP) is 5.93. The molecule has 114 valence electrons. The molecule has 23 heavy (non-hydrogen) atoms. The third kappa shape index (κ3) is 2.06. The van der Waals surface area contributed by atoms with Gasteiger partial charge in [-0.05, 0) is 54.8 Å². The molecule has 0 radical (unpaired) electrons. The standard InChI is InChI=1S/C21H18FN/c1-3-23-19-7-5-4-6-18(19)21-14(2)17(12-13-20(21)23)15-8-10-16(22)11-9-15/h4-13H,3H2,1-2H3. The molecule has 0 N–H and O–H groups in total. The maximum absolute atomic E-state index is 13.2. The Bertz CT molecular complexity index is 1010. The molecule has 0 atom stereocenters. The zero-order valence-electron chi connectivity index (χ0n) is 13.3. The highest BCUT2D eigenvalue weighted by Gasteiger charge is 2.14. The van der Waals surface area contributed by atoms with Crippen molar-refractivity contribution in [3.8, 4) is 11.1 Å². The van der Waals surface area contributed by atoms with Crippen molar-refractivity contribution in [3.05, 3.63) is 72.0 Å². The summed E-state index contributed by atoms with van der Waals surface area (Å²) in [6.45, 7) is 5.28. The lowest BCUT2D eigenvalue weighted by molar-refractivity contribution is 0.628. The maximum Gasteiger partial charge on any atom is 0.123 e. The Morgan fingerprint density at radius 3 is 2.35 bits per heavy atom. The van der Waals surface area contributed by atoms with E-state index in [0.717, 1.165) is 17.7 Å². The summed E-state index contributed by atoms with van der Waals surface area (Å²) >= 11 is 0. The smallest absolute Gasteiger partial charge is 0.123 e. The van der Waals surface area contributed by atoms with Crippen LogP contribution in [0.5, 0.6) is 0 Å². The van der Waals surface area contributed by atoms with Crippen LogP contribution in [-0.2, 0) is 6.54 Å². The minimum atomic E-state index is -0.199. The number of hydrogen-bond acceptors (Lipinski definition) is 0. The van der Waals surface area contributed by atoms with E-state index in [9.17, 15) is 4.39 Å². The molecule has 0 aliphatic heterocycles. The third-order valence-corrected chi connectivity index (χ3v) is 4.67. The van der Waals surface area contributed by atoms with Crippen LogP contribution in [-0.4, -0.2) is 4.57 Å². The lowest BCUT2D eigenvalue weighted by Crippen LogP contribution is -1.93. The van der Waals surface area contributed by atoms with Crippen LogP contribution in [0.1, 0.15) is 12.5 Å². The number of fused-ring (bicyclic) bond motifs is 3. The summed E-state index contributed by atoms with van der Waals surface area (Å²) in [5.41, 5.74) is 5.99. The first kappa shape index (κ1) is 14.0. The molecule has 3 aromatic carbocycles. The number of aryl methyl sites for hydroxylation is 2. The lowest BCUT2D eigenvalue weighted by Gasteiger charge is -2.09. The summed E-state index contributed by atoms with van der Waals surface area (Å²) in [6.07, 6.45) is 0. The molecular weight excluding hydrogens is 285 g/mol. The Hall–Kier alpha value is -2.61. The van der Waals surface area contributed by atoms with Crippen molar-refractivity contribution >= 4 is 21.8 Å². The van der Waals surface area contributed by atoms with E-state index in [2.05, 4.69) is 54.8 Å². The second-order valence-corrected chi connectivity index (χ2v) is 5.90. The molecule has 0 unspecified atom stereocenters. The monoisotopic (exact) mass is 303 g/mol. The van der Waals surface area contributed by atoms with Gasteiger partial charge in [0.05, 0.1) is 0 Å². The maximum atomic E-state index is 13.2. The first-order chi connectivity index (χ1) is 11.2. The van der Waals surface area contributed by atoms with E-state index in [1.807, 2.05) is 12.1 Å². The van der Waals surface area contributed by atoms with E-state index in [1.165, 1.54) is 39.5 Å². The van der Waals surface area contributed by atoms with Crippen molar-refractivity contribution in [3.63, 3.8) is 0 Å². The van der Waals surface area contributed by atoms with Crippen molar-refractivity contribution in [1.29, 1.82) is 0 Å². The molecule has 4 aromatic rings. The molecule has 1 aromatic heterocycles. The zero-order valence-corrected chi connectivity index (χ0v) is 13.3. The topological polar surface area (TPSA) is 4.93 Å². The molecule has 0 saturated heterocycles. The van der Waals surface area contributed by atoms with Crippen molar-refractivity contribution in [1.82, 2.24) is 4.57 Å². The first-order valence-corrected chi connectivity index (χ1v) is 7.97. The molecule has 0 spiro atoms. The van der Waals surface area contributed by atoms with E-state index >= 15 is 0 Å². The Kier molecular flexibility index (Phi) is 3.19. The van der Waals surface area contributed by atoms with E-state index in [1.54, 1.807) is 0 Å². The second-order valence-electron chi connectivity index (χ2n) is 5.90. The number of para-hydroxylation sites is 1. The fourth-order valence-electron chi connectivity index (χ4n) is 3.60. The molecule has 0 aliphatic carbocycles. The molecule has 0 amide bonds. The molecule has 0 saturated carbocycles. The van der Waals surface area contributed by atoms with Gasteiger partial charge in [-0.15, -0.1) is 0 Å². The van der Waals surface area contributed by atoms with E-state index in [-0.39, 0.29) is 5.82 Å². The van der Waals surface area contributed by atoms with Crippen molar-refractivity contribution in [2.75, 3.05) is 0 Å². The fourth-order valence-corrected chi connectivity index (χ4v) is 3.60. The summed E-state index contributed by atoms with van der Waals surface area (Å²) < 4.78 is 15.6. The normalized spacial score (nSPS) is 11.4. The third-order valence-electron chi connectivity index (χ3n) is 4.67. The highest BCUT2D eigenvalue weighted by molar-refractivity contribution is 6.11. The minimum absolute atomic E-state index is 0.199. The van der Waals surface area contributed by atoms with Gasteiger partial charge in [-0.2, -0.15) is 0 Å². The highest BCUT2D eigenvalue weighted by Crippen LogP contribution is 2.36. The molecule has 1 nitrogen and oxygen atoms in total. The van der Waals surface area contributed by atoms with Crippen LogP contribution in [0.15, 0.2) is 60.7 Å². The van der Waals surface area contributed by atoms with Crippen LogP contribution in [0.25, 0.3) is 32.9 Å². The largest absolute Gasteiger partial charge is 0.341 e. The van der Waals surface area contributed by atoms with Gasteiger partial charge in [0.25, 0.3) is 0 Å². The number of halogens is 1. The first-order valence-electron chi connectivity index (χ1n) is 7.97. The molecule has 0 bridgehead atoms. The molecule has 1 heterocycles. The Labute approximate surface area is 135 Å². The summed E-state index contributed by atoms with van der Waals surface area (Å²) in [4.78, 5) is 0. The zero-order chi connectivity index (χ0) is 16.0. The SMILES string of the molecule is CCn1c2ccccc2c2c(C)c(-c3ccc(F)cc3)ccc21. The number of rotatable bonds is 2. The molecule has 0 aliphatic rings. The minimum Gasteiger partial charge on any atom is -0.341 e. The molecule has 2 heteroatoms. The predicted molar refractivity (Wildman–Crippen MR) is 95.2 cm³/mol. The van der Waals surface area contributed by atoms with E-state index in [0.29, 0.717) is 0 Å². The van der Waals surface area contributed by atoms with Gasteiger partial charge in [-0.25, -0.2) is 4.39 Å². The van der Waals surface area contributed by atoms with Gasteiger partial charge in [0.15, 0.2) is 0 Å². The van der Waals surface area contributed by atoms with Crippen molar-refractivity contribution in [2.45, 2.75) is 20.4 Å². The molecule has 0 fully saturated rings. The van der Waals surface area contributed by atoms with Crippen LogP contribution >= 0.6 is 0 Å². The lowest BCUT2D eigenvalue weighted by atomic mass is 9.96. The van der Waals surface area contributed by atoms with Gasteiger partial charge in [0, 0.05) is 28.4 Å². The van der Waals surface area contributed by atoms with Gasteiger partial charge < -0.3 is 4.57 Å². The van der Waals surface area contributed by atoms with E-state index < -0.39 is 0 Å². The summed E-state index contributed by atoms with van der Waals surface area (Å²) in [6, 6.07) is 19.6. The van der Waals surface area contributed by atoms with Crippen LogP contribution in [0.2, 0.25) is 0 Å².